The minimum absolute atomic E-state index is 0.00548. The summed E-state index contributed by atoms with van der Waals surface area (Å²) < 4.78 is 1.50. The van der Waals surface area contributed by atoms with Gasteiger partial charge in [0.2, 0.25) is 5.78 Å². The third-order valence-corrected chi connectivity index (χ3v) is 3.52. The molecule has 0 radical (unpaired) electrons. The second-order valence-corrected chi connectivity index (χ2v) is 5.26. The van der Waals surface area contributed by atoms with Crippen LogP contribution >= 0.6 is 0 Å². The van der Waals surface area contributed by atoms with Crippen LogP contribution in [-0.2, 0) is 6.54 Å². The molecule has 0 unspecified atom stereocenters. The van der Waals surface area contributed by atoms with Crippen LogP contribution in [0.25, 0.3) is 5.76 Å². The van der Waals surface area contributed by atoms with Gasteiger partial charge in [-0.2, -0.15) is 5.10 Å². The summed E-state index contributed by atoms with van der Waals surface area (Å²) in [5.74, 6) is -2.07. The summed E-state index contributed by atoms with van der Waals surface area (Å²) in [5.41, 5.74) is 1.14. The molecule has 0 bridgehead atoms. The Morgan fingerprint density at radius 3 is 2.60 bits per heavy atom. The Hall–Kier alpha value is -3.68. The largest absolute Gasteiger partial charge is 0.507 e. The fourth-order valence-corrected chi connectivity index (χ4v) is 2.34. The summed E-state index contributed by atoms with van der Waals surface area (Å²) in [6.07, 6.45) is 3.63. The van der Waals surface area contributed by atoms with E-state index in [1.165, 1.54) is 23.2 Å². The van der Waals surface area contributed by atoms with Gasteiger partial charge in [-0.25, -0.2) is 9.78 Å². The summed E-state index contributed by atoms with van der Waals surface area (Å²) >= 11 is 0. The lowest BCUT2D eigenvalue weighted by molar-refractivity contribution is 0.0685. The molecule has 0 aliphatic rings. The summed E-state index contributed by atoms with van der Waals surface area (Å²) in [4.78, 5) is 27.1. The van der Waals surface area contributed by atoms with Crippen LogP contribution in [0.4, 0.5) is 0 Å². The summed E-state index contributed by atoms with van der Waals surface area (Å²) in [6, 6.07) is 10.6. The second kappa shape index (κ2) is 6.83. The Morgan fingerprint density at radius 1 is 1.20 bits per heavy atom. The monoisotopic (exact) mass is 338 g/mol. The summed E-state index contributed by atoms with van der Waals surface area (Å²) in [6.45, 7) is 0.325. The molecule has 3 rings (SSSR count). The van der Waals surface area contributed by atoms with Crippen molar-refractivity contribution >= 4 is 17.5 Å². The van der Waals surface area contributed by atoms with E-state index < -0.39 is 11.8 Å². The molecular weight excluding hydrogens is 324 g/mol. The van der Waals surface area contributed by atoms with E-state index in [4.69, 9.17) is 0 Å². The normalized spacial score (nSPS) is 11.4. The molecule has 8 nitrogen and oxygen atoms in total. The third kappa shape index (κ3) is 3.63. The number of nitrogens with one attached hydrogen (secondary N) is 1. The number of rotatable bonds is 6. The molecule has 0 amide bonds. The molecule has 25 heavy (non-hydrogen) atoms. The van der Waals surface area contributed by atoms with Gasteiger partial charge < -0.3 is 14.8 Å². The molecule has 2 aromatic heterocycles. The number of aromatic amines is 1. The smallest absolute Gasteiger partial charge is 0.352 e. The van der Waals surface area contributed by atoms with Crippen molar-refractivity contribution in [1.29, 1.82) is 0 Å². The standard InChI is InChI=1S/C17H14N4O4/c22-14(7-15(23)16-18-10-19-20-16)12-6-13(17(24)25)21(9-12)8-11-4-2-1-3-5-11/h1-7,9-10,22H,8H2,(H,24,25)(H,18,19,20). The van der Waals surface area contributed by atoms with Crippen molar-refractivity contribution < 1.29 is 19.8 Å². The highest BCUT2D eigenvalue weighted by atomic mass is 16.4. The lowest BCUT2D eigenvalue weighted by Gasteiger charge is -2.05. The average molecular weight is 338 g/mol. The van der Waals surface area contributed by atoms with E-state index in [9.17, 15) is 19.8 Å². The molecule has 0 atom stereocenters. The number of aliphatic hydroxyl groups excluding tert-OH is 1. The van der Waals surface area contributed by atoms with E-state index >= 15 is 0 Å². The number of H-pyrrole nitrogens is 1. The van der Waals surface area contributed by atoms with Crippen molar-refractivity contribution in [2.45, 2.75) is 6.54 Å². The number of ketones is 1. The van der Waals surface area contributed by atoms with Crippen LogP contribution in [0.1, 0.15) is 32.2 Å². The van der Waals surface area contributed by atoms with E-state index in [1.54, 1.807) is 0 Å². The SMILES string of the molecule is O=C(C=C(O)c1cc(C(=O)O)n(Cc2ccccc2)c1)c1ncn[nH]1. The minimum atomic E-state index is -1.13. The van der Waals surface area contributed by atoms with Gasteiger partial charge in [0.15, 0.2) is 5.82 Å². The molecule has 2 heterocycles. The number of carbonyl (C=O) groups excluding carboxylic acids is 1. The molecule has 1 aromatic carbocycles. The van der Waals surface area contributed by atoms with Crippen LogP contribution in [0.3, 0.4) is 0 Å². The molecular formula is C17H14N4O4. The zero-order valence-electron chi connectivity index (χ0n) is 13.0. The van der Waals surface area contributed by atoms with Gasteiger partial charge in [0, 0.05) is 24.4 Å². The zero-order valence-corrected chi connectivity index (χ0v) is 13.0. The first-order valence-electron chi connectivity index (χ1n) is 7.32. The molecule has 0 aliphatic carbocycles. The highest BCUT2D eigenvalue weighted by Gasteiger charge is 2.16. The third-order valence-electron chi connectivity index (χ3n) is 3.52. The predicted molar refractivity (Wildman–Crippen MR) is 88.3 cm³/mol. The molecule has 126 valence electrons. The number of benzene rings is 1. The number of hydrogen-bond acceptors (Lipinski definition) is 5. The first-order valence-corrected chi connectivity index (χ1v) is 7.32. The van der Waals surface area contributed by atoms with Crippen molar-refractivity contribution in [3.63, 3.8) is 0 Å². The van der Waals surface area contributed by atoms with E-state index in [1.807, 2.05) is 30.3 Å². The molecule has 0 spiro atoms. The second-order valence-electron chi connectivity index (χ2n) is 5.26. The number of carboxylic acids is 1. The maximum absolute atomic E-state index is 11.9. The molecule has 0 saturated carbocycles. The molecule has 3 aromatic rings. The quantitative estimate of drug-likeness (QED) is 0.360. The fourth-order valence-electron chi connectivity index (χ4n) is 2.34. The Balaban J connectivity index is 1.90. The van der Waals surface area contributed by atoms with Crippen molar-refractivity contribution in [2.24, 2.45) is 0 Å². The van der Waals surface area contributed by atoms with Gasteiger partial charge in [-0.15, -0.1) is 0 Å². The van der Waals surface area contributed by atoms with Crippen molar-refractivity contribution in [3.8, 4) is 0 Å². The maximum Gasteiger partial charge on any atom is 0.352 e. The Labute approximate surface area is 142 Å². The number of carboxylic acid groups (broad SMARTS) is 1. The lowest BCUT2D eigenvalue weighted by Crippen LogP contribution is -2.08. The van der Waals surface area contributed by atoms with Crippen LogP contribution in [0.15, 0.2) is 55.0 Å². The zero-order chi connectivity index (χ0) is 17.8. The first kappa shape index (κ1) is 16.2. The number of aliphatic hydroxyl groups is 1. The van der Waals surface area contributed by atoms with E-state index in [2.05, 4.69) is 15.2 Å². The fraction of sp³-hybridized carbons (Fsp3) is 0.0588. The van der Waals surface area contributed by atoms with Gasteiger partial charge >= 0.3 is 5.97 Å². The molecule has 0 aliphatic heterocycles. The average Bonchev–Trinajstić information content (AvgIpc) is 3.25. The van der Waals surface area contributed by atoms with Crippen LogP contribution in [0, 0.1) is 0 Å². The summed E-state index contributed by atoms with van der Waals surface area (Å²) in [7, 11) is 0. The van der Waals surface area contributed by atoms with Crippen LogP contribution < -0.4 is 0 Å². The highest BCUT2D eigenvalue weighted by Crippen LogP contribution is 2.18. The first-order chi connectivity index (χ1) is 12.0. The number of aromatic nitrogens is 4. The molecule has 8 heteroatoms. The lowest BCUT2D eigenvalue weighted by atomic mass is 10.2. The van der Waals surface area contributed by atoms with Gasteiger partial charge in [-0.05, 0) is 11.6 Å². The van der Waals surface area contributed by atoms with Crippen LogP contribution in [-0.4, -0.2) is 41.7 Å². The number of aromatic carboxylic acids is 1. The van der Waals surface area contributed by atoms with Gasteiger partial charge in [-0.1, -0.05) is 30.3 Å². The molecule has 0 saturated heterocycles. The van der Waals surface area contributed by atoms with E-state index in [-0.39, 0.29) is 22.8 Å². The van der Waals surface area contributed by atoms with Crippen LogP contribution in [0.2, 0.25) is 0 Å². The van der Waals surface area contributed by atoms with Crippen molar-refractivity contribution in [3.05, 3.63) is 77.6 Å². The highest BCUT2D eigenvalue weighted by molar-refractivity contribution is 6.05. The minimum Gasteiger partial charge on any atom is -0.507 e. The Bertz CT molecular complexity index is 927. The number of allylic oxidation sites excluding steroid dienone is 1. The Morgan fingerprint density at radius 2 is 1.96 bits per heavy atom. The summed E-state index contributed by atoms with van der Waals surface area (Å²) in [5, 5.41) is 25.5. The van der Waals surface area contributed by atoms with Crippen LogP contribution in [0.5, 0.6) is 0 Å². The number of carbonyl (C=O) groups is 2. The predicted octanol–water partition coefficient (Wildman–Crippen LogP) is 2.13. The maximum atomic E-state index is 11.9. The topological polar surface area (TPSA) is 121 Å². The van der Waals surface area contributed by atoms with Crippen molar-refractivity contribution in [2.75, 3.05) is 0 Å². The number of nitrogens with zero attached hydrogens (tertiary/aromatic N) is 3. The van der Waals surface area contributed by atoms with Gasteiger partial charge in [0.05, 0.1) is 0 Å². The number of hydrogen-bond donors (Lipinski definition) is 3. The van der Waals surface area contributed by atoms with Gasteiger partial charge in [-0.3, -0.25) is 9.89 Å². The van der Waals surface area contributed by atoms with Gasteiger partial charge in [0.25, 0.3) is 0 Å². The van der Waals surface area contributed by atoms with Crippen molar-refractivity contribution in [1.82, 2.24) is 19.7 Å². The van der Waals surface area contributed by atoms with E-state index in [0.29, 0.717) is 6.54 Å². The molecule has 0 fully saturated rings. The van der Waals surface area contributed by atoms with E-state index in [0.717, 1.165) is 11.6 Å². The Kier molecular flexibility index (Phi) is 4.42. The van der Waals surface area contributed by atoms with Gasteiger partial charge in [0.1, 0.15) is 17.8 Å². The molecule has 3 N–H and O–H groups in total.